The van der Waals surface area contributed by atoms with Crippen molar-refractivity contribution < 1.29 is 9.47 Å². The molecule has 5 heteroatoms. The van der Waals surface area contributed by atoms with Crippen LogP contribution in [0.25, 0.3) is 22.0 Å². The van der Waals surface area contributed by atoms with Crippen LogP contribution < -0.4 is 9.47 Å². The van der Waals surface area contributed by atoms with E-state index in [4.69, 9.17) is 9.47 Å². The summed E-state index contributed by atoms with van der Waals surface area (Å²) in [4.78, 5) is 9.22. The lowest BCUT2D eigenvalue weighted by Crippen LogP contribution is -2.34. The summed E-state index contributed by atoms with van der Waals surface area (Å²) in [6.07, 6.45) is 9.66. The number of aromatic nitrogens is 2. The molecule has 0 aliphatic carbocycles. The first-order valence-electron chi connectivity index (χ1n) is 11.4. The van der Waals surface area contributed by atoms with Gasteiger partial charge in [-0.15, -0.1) is 0 Å². The Bertz CT molecular complexity index is 1170. The fourth-order valence-electron chi connectivity index (χ4n) is 4.99. The van der Waals surface area contributed by atoms with Crippen molar-refractivity contribution in [2.75, 3.05) is 33.9 Å². The predicted molar refractivity (Wildman–Crippen MR) is 130 cm³/mol. The maximum Gasteiger partial charge on any atom is 0.119 e. The summed E-state index contributed by atoms with van der Waals surface area (Å²) in [5.41, 5.74) is 6.47. The number of hydrogen-bond acceptors (Lipinski definition) is 3. The van der Waals surface area contributed by atoms with Gasteiger partial charge in [0.25, 0.3) is 0 Å². The number of H-pyrrole nitrogens is 2. The van der Waals surface area contributed by atoms with Gasteiger partial charge in [-0.25, -0.2) is 0 Å². The summed E-state index contributed by atoms with van der Waals surface area (Å²) in [5.74, 6) is 2.43. The summed E-state index contributed by atoms with van der Waals surface area (Å²) in [7, 11) is 3.46. The topological polar surface area (TPSA) is 53.3 Å². The van der Waals surface area contributed by atoms with Crippen LogP contribution in [0.4, 0.5) is 0 Å². The quantitative estimate of drug-likeness (QED) is 0.402. The Morgan fingerprint density at radius 3 is 2.47 bits per heavy atom. The highest BCUT2D eigenvalue weighted by atomic mass is 16.5. The lowest BCUT2D eigenvalue weighted by Gasteiger charge is -2.32. The van der Waals surface area contributed by atoms with Gasteiger partial charge in [0.1, 0.15) is 11.5 Å². The van der Waals surface area contributed by atoms with Gasteiger partial charge in [-0.2, -0.15) is 0 Å². The van der Waals surface area contributed by atoms with E-state index in [-0.39, 0.29) is 0 Å². The van der Waals surface area contributed by atoms with Crippen molar-refractivity contribution in [3.8, 4) is 22.6 Å². The van der Waals surface area contributed by atoms with Crippen molar-refractivity contribution in [1.82, 2.24) is 14.9 Å². The average Bonchev–Trinajstić information content (AvgIpc) is 3.53. The summed E-state index contributed by atoms with van der Waals surface area (Å²) < 4.78 is 10.9. The summed E-state index contributed by atoms with van der Waals surface area (Å²) >= 11 is 0. The molecule has 3 heterocycles. The van der Waals surface area contributed by atoms with Crippen molar-refractivity contribution in [2.24, 2.45) is 0 Å². The van der Waals surface area contributed by atoms with Gasteiger partial charge in [-0.05, 0) is 96.9 Å². The normalized spacial score (nSPS) is 15.3. The van der Waals surface area contributed by atoms with E-state index >= 15 is 0 Å². The lowest BCUT2D eigenvalue weighted by atomic mass is 9.89. The molecule has 0 atom stereocenters. The van der Waals surface area contributed by atoms with E-state index in [1.165, 1.54) is 46.0 Å². The molecule has 0 saturated carbocycles. The predicted octanol–water partition coefficient (Wildman–Crippen LogP) is 5.60. The minimum Gasteiger partial charge on any atom is -0.497 e. The van der Waals surface area contributed by atoms with Gasteiger partial charge < -0.3 is 24.3 Å². The maximum atomic E-state index is 5.46. The second-order valence-electron chi connectivity index (χ2n) is 8.64. The van der Waals surface area contributed by atoms with E-state index < -0.39 is 0 Å². The zero-order valence-electron chi connectivity index (χ0n) is 18.9. The Balaban J connectivity index is 1.24. The number of piperidine rings is 1. The number of likely N-dealkylation sites (tertiary alicyclic amines) is 1. The number of rotatable bonds is 7. The zero-order valence-corrected chi connectivity index (χ0v) is 18.9. The minimum atomic E-state index is 0.600. The Morgan fingerprint density at radius 1 is 0.938 bits per heavy atom. The van der Waals surface area contributed by atoms with Crippen molar-refractivity contribution in [3.05, 3.63) is 72.2 Å². The van der Waals surface area contributed by atoms with Gasteiger partial charge in [0.05, 0.1) is 14.2 Å². The number of ether oxygens (including phenoxy) is 2. The van der Waals surface area contributed by atoms with Crippen molar-refractivity contribution in [3.63, 3.8) is 0 Å². The fourth-order valence-corrected chi connectivity index (χ4v) is 4.99. The fraction of sp³-hybridized carbons (Fsp3) is 0.333. The van der Waals surface area contributed by atoms with E-state index in [0.29, 0.717) is 5.92 Å². The van der Waals surface area contributed by atoms with E-state index in [1.54, 1.807) is 14.2 Å². The van der Waals surface area contributed by atoms with E-state index in [2.05, 4.69) is 63.7 Å². The minimum absolute atomic E-state index is 0.600. The third kappa shape index (κ3) is 4.13. The third-order valence-electron chi connectivity index (χ3n) is 6.87. The van der Waals surface area contributed by atoms with Crippen LogP contribution in [0.1, 0.15) is 29.9 Å². The molecule has 1 fully saturated rings. The van der Waals surface area contributed by atoms with Crippen molar-refractivity contribution in [1.29, 1.82) is 0 Å². The molecule has 1 saturated heterocycles. The van der Waals surface area contributed by atoms with Gasteiger partial charge in [-0.3, -0.25) is 0 Å². The molecular weight excluding hydrogens is 398 g/mol. The van der Waals surface area contributed by atoms with Crippen LogP contribution in [-0.2, 0) is 6.42 Å². The number of benzene rings is 2. The highest BCUT2D eigenvalue weighted by Crippen LogP contribution is 2.35. The van der Waals surface area contributed by atoms with E-state index in [0.717, 1.165) is 37.6 Å². The highest BCUT2D eigenvalue weighted by Gasteiger charge is 2.23. The first-order valence-corrected chi connectivity index (χ1v) is 11.4. The number of nitrogens with zero attached hydrogens (tertiary/aromatic N) is 1. The Labute approximate surface area is 189 Å². The van der Waals surface area contributed by atoms with Gasteiger partial charge in [0.2, 0.25) is 0 Å². The summed E-state index contributed by atoms with van der Waals surface area (Å²) in [6, 6.07) is 14.9. The van der Waals surface area contributed by atoms with Gasteiger partial charge >= 0.3 is 0 Å². The molecule has 2 N–H and O–H groups in total. The SMILES string of the molecule is COc1ccc(CCN2CCC(c3c[nH]c4ccc(OC)cc34)CC2)c(-c2cc[nH]c2)c1. The molecule has 2 aromatic carbocycles. The number of nitrogens with one attached hydrogen (secondary N) is 2. The van der Waals surface area contributed by atoms with Gasteiger partial charge in [-0.1, -0.05) is 6.07 Å². The van der Waals surface area contributed by atoms with Crippen LogP contribution in [0.3, 0.4) is 0 Å². The number of fused-ring (bicyclic) bond motifs is 1. The van der Waals surface area contributed by atoms with Crippen LogP contribution in [-0.4, -0.2) is 48.7 Å². The second-order valence-corrected chi connectivity index (χ2v) is 8.64. The third-order valence-corrected chi connectivity index (χ3v) is 6.87. The maximum absolute atomic E-state index is 5.46. The first kappa shape index (κ1) is 20.7. The summed E-state index contributed by atoms with van der Waals surface area (Å²) in [5, 5.41) is 1.30. The number of aromatic amines is 2. The first-order chi connectivity index (χ1) is 15.7. The molecule has 166 valence electrons. The summed E-state index contributed by atoms with van der Waals surface area (Å²) in [6.45, 7) is 3.35. The van der Waals surface area contributed by atoms with Crippen LogP contribution in [0.15, 0.2) is 61.1 Å². The number of hydrogen-bond donors (Lipinski definition) is 2. The molecule has 5 nitrogen and oxygen atoms in total. The van der Waals surface area contributed by atoms with E-state index in [9.17, 15) is 0 Å². The molecule has 4 aromatic rings. The molecule has 1 aliphatic rings. The van der Waals surface area contributed by atoms with Gasteiger partial charge in [0, 0.05) is 36.0 Å². The second kappa shape index (κ2) is 9.13. The number of methoxy groups -OCH3 is 2. The molecule has 0 unspecified atom stereocenters. The largest absolute Gasteiger partial charge is 0.497 e. The molecule has 1 aliphatic heterocycles. The standard InChI is InChI=1S/C27H31N3O2/c1-31-22-4-3-19(24(15-22)21-7-11-28-17-21)8-12-30-13-9-20(10-14-30)26-18-29-27-6-5-23(32-2)16-25(26)27/h3-7,11,15-18,20,28-29H,8-10,12-14H2,1-2H3. The zero-order chi connectivity index (χ0) is 21.9. The molecule has 32 heavy (non-hydrogen) atoms. The lowest BCUT2D eigenvalue weighted by molar-refractivity contribution is 0.215. The Kier molecular flexibility index (Phi) is 5.91. The molecule has 0 spiro atoms. The van der Waals surface area contributed by atoms with Crippen molar-refractivity contribution in [2.45, 2.75) is 25.2 Å². The monoisotopic (exact) mass is 429 g/mol. The van der Waals surface area contributed by atoms with Crippen molar-refractivity contribution >= 4 is 10.9 Å². The molecular formula is C27H31N3O2. The van der Waals surface area contributed by atoms with Crippen LogP contribution >= 0.6 is 0 Å². The Morgan fingerprint density at radius 2 is 1.72 bits per heavy atom. The Hall–Kier alpha value is -3.18. The molecule has 0 bridgehead atoms. The van der Waals surface area contributed by atoms with Gasteiger partial charge in [0.15, 0.2) is 0 Å². The highest BCUT2D eigenvalue weighted by molar-refractivity contribution is 5.85. The molecule has 2 aromatic heterocycles. The van der Waals surface area contributed by atoms with Crippen LogP contribution in [0, 0.1) is 0 Å². The molecule has 0 amide bonds. The van der Waals surface area contributed by atoms with Crippen LogP contribution in [0.5, 0.6) is 11.5 Å². The average molecular weight is 430 g/mol. The smallest absolute Gasteiger partial charge is 0.119 e. The van der Waals surface area contributed by atoms with Crippen LogP contribution in [0.2, 0.25) is 0 Å². The molecule has 0 radical (unpaired) electrons. The molecule has 5 rings (SSSR count). The van der Waals surface area contributed by atoms with E-state index in [1.807, 2.05) is 12.3 Å².